The number of benzene rings is 2. The van der Waals surface area contributed by atoms with Gasteiger partial charge < -0.3 is 15.0 Å². The van der Waals surface area contributed by atoms with Crippen molar-refractivity contribution < 1.29 is 9.53 Å². The van der Waals surface area contributed by atoms with Gasteiger partial charge >= 0.3 is 0 Å². The Hall–Kier alpha value is -2.20. The molecule has 0 spiro atoms. The standard InChI is InChI=1S/C25H31ClN2O2/c26-23-17-21(11-14-24(23)28-15-5-2-6-16-28)27-25(29)18-30-22-12-9-20(10-13-22)19-7-3-1-4-8-19/h9-14,17,19H,1-8,15-16,18H2,(H,27,29). The predicted octanol–water partition coefficient (Wildman–Crippen LogP) is 6.40. The quantitative estimate of drug-likeness (QED) is 0.581. The van der Waals surface area contributed by atoms with Crippen LogP contribution in [0.5, 0.6) is 5.75 Å². The molecular formula is C25H31ClN2O2. The monoisotopic (exact) mass is 426 g/mol. The van der Waals surface area contributed by atoms with E-state index in [0.717, 1.165) is 24.5 Å². The highest BCUT2D eigenvalue weighted by molar-refractivity contribution is 6.33. The Morgan fingerprint density at radius 1 is 0.967 bits per heavy atom. The van der Waals surface area contributed by atoms with Crippen LogP contribution in [-0.4, -0.2) is 25.6 Å². The van der Waals surface area contributed by atoms with Crippen LogP contribution in [0.4, 0.5) is 11.4 Å². The number of anilines is 2. The summed E-state index contributed by atoms with van der Waals surface area (Å²) in [6.45, 7) is 2.06. The smallest absolute Gasteiger partial charge is 0.262 e. The lowest BCUT2D eigenvalue weighted by Gasteiger charge is -2.29. The van der Waals surface area contributed by atoms with Crippen LogP contribution in [0.25, 0.3) is 0 Å². The summed E-state index contributed by atoms with van der Waals surface area (Å²) in [7, 11) is 0. The molecule has 2 fully saturated rings. The third kappa shape index (κ3) is 5.48. The fraction of sp³-hybridized carbons (Fsp3) is 0.480. The van der Waals surface area contributed by atoms with Gasteiger partial charge in [0.05, 0.1) is 10.7 Å². The Labute approximate surface area is 184 Å². The molecule has 1 saturated carbocycles. The third-order valence-electron chi connectivity index (χ3n) is 6.25. The number of ether oxygens (including phenoxy) is 1. The summed E-state index contributed by atoms with van der Waals surface area (Å²) in [6, 6.07) is 14.0. The second-order valence-electron chi connectivity index (χ2n) is 8.45. The summed E-state index contributed by atoms with van der Waals surface area (Å²) < 4.78 is 5.68. The molecule has 4 nitrogen and oxygen atoms in total. The first-order valence-corrected chi connectivity index (χ1v) is 11.6. The van der Waals surface area contributed by atoms with Crippen LogP contribution in [-0.2, 0) is 4.79 Å². The molecule has 1 aliphatic carbocycles. The van der Waals surface area contributed by atoms with Gasteiger partial charge in [-0.05, 0) is 73.9 Å². The summed E-state index contributed by atoms with van der Waals surface area (Å²) in [5, 5.41) is 3.55. The van der Waals surface area contributed by atoms with Crippen LogP contribution >= 0.6 is 11.6 Å². The number of nitrogens with one attached hydrogen (secondary N) is 1. The first-order chi connectivity index (χ1) is 14.7. The van der Waals surface area contributed by atoms with Gasteiger partial charge in [-0.2, -0.15) is 0 Å². The minimum absolute atomic E-state index is 0.0196. The summed E-state index contributed by atoms with van der Waals surface area (Å²) in [5.41, 5.74) is 3.13. The normalized spacial score (nSPS) is 17.6. The third-order valence-corrected chi connectivity index (χ3v) is 6.56. The molecule has 0 aromatic heterocycles. The van der Waals surface area contributed by atoms with Crippen molar-refractivity contribution in [3.63, 3.8) is 0 Å². The molecule has 0 unspecified atom stereocenters. The maximum Gasteiger partial charge on any atom is 0.262 e. The molecule has 1 heterocycles. The Morgan fingerprint density at radius 2 is 1.67 bits per heavy atom. The summed E-state index contributed by atoms with van der Waals surface area (Å²) in [5.74, 6) is 1.21. The van der Waals surface area contributed by atoms with Crippen molar-refractivity contribution in [1.29, 1.82) is 0 Å². The van der Waals surface area contributed by atoms with Crippen LogP contribution in [0.15, 0.2) is 42.5 Å². The minimum atomic E-state index is -0.187. The molecule has 0 radical (unpaired) electrons. The van der Waals surface area contributed by atoms with Gasteiger partial charge in [0.15, 0.2) is 6.61 Å². The fourth-order valence-corrected chi connectivity index (χ4v) is 4.89. The van der Waals surface area contributed by atoms with E-state index in [1.807, 2.05) is 30.3 Å². The average molecular weight is 427 g/mol. The summed E-state index contributed by atoms with van der Waals surface area (Å²) in [6.07, 6.45) is 10.3. The van der Waals surface area contributed by atoms with Gasteiger partial charge in [0.1, 0.15) is 5.75 Å². The first kappa shape index (κ1) is 21.0. The Morgan fingerprint density at radius 3 is 2.37 bits per heavy atom. The van der Waals surface area contributed by atoms with E-state index in [1.54, 1.807) is 0 Å². The second kappa shape index (κ2) is 10.2. The van der Waals surface area contributed by atoms with E-state index in [-0.39, 0.29) is 12.5 Å². The Balaban J connectivity index is 1.27. The second-order valence-corrected chi connectivity index (χ2v) is 8.86. The lowest BCUT2D eigenvalue weighted by Crippen LogP contribution is -2.29. The Bertz CT molecular complexity index is 841. The van der Waals surface area contributed by atoms with E-state index in [1.165, 1.54) is 56.9 Å². The summed E-state index contributed by atoms with van der Waals surface area (Å²) >= 11 is 6.47. The van der Waals surface area contributed by atoms with Crippen molar-refractivity contribution in [1.82, 2.24) is 0 Å². The van der Waals surface area contributed by atoms with Crippen LogP contribution in [0.3, 0.4) is 0 Å². The number of halogens is 1. The zero-order valence-electron chi connectivity index (χ0n) is 17.5. The average Bonchev–Trinajstić information content (AvgIpc) is 2.79. The maximum absolute atomic E-state index is 12.3. The number of hydrogen-bond acceptors (Lipinski definition) is 3. The van der Waals surface area contributed by atoms with E-state index in [4.69, 9.17) is 16.3 Å². The fourth-order valence-electron chi connectivity index (χ4n) is 4.59. The van der Waals surface area contributed by atoms with Gasteiger partial charge in [-0.3, -0.25) is 4.79 Å². The molecule has 0 atom stereocenters. The molecule has 1 aliphatic heterocycles. The highest BCUT2D eigenvalue weighted by Crippen LogP contribution is 2.33. The van der Waals surface area contributed by atoms with Crippen molar-refractivity contribution in [2.75, 3.05) is 29.9 Å². The number of carbonyl (C=O) groups excluding carboxylic acids is 1. The van der Waals surface area contributed by atoms with Crippen molar-refractivity contribution in [2.45, 2.75) is 57.3 Å². The van der Waals surface area contributed by atoms with Gasteiger partial charge in [0.2, 0.25) is 0 Å². The van der Waals surface area contributed by atoms with Gasteiger partial charge in [0, 0.05) is 18.8 Å². The van der Waals surface area contributed by atoms with Crippen molar-refractivity contribution in [3.05, 3.63) is 53.1 Å². The number of nitrogens with zero attached hydrogens (tertiary/aromatic N) is 1. The van der Waals surface area contributed by atoms with Gasteiger partial charge in [0.25, 0.3) is 5.91 Å². The van der Waals surface area contributed by atoms with Crippen molar-refractivity contribution in [2.24, 2.45) is 0 Å². The molecule has 160 valence electrons. The molecule has 4 rings (SSSR count). The van der Waals surface area contributed by atoms with Crippen LogP contribution in [0, 0.1) is 0 Å². The minimum Gasteiger partial charge on any atom is -0.484 e. The number of amides is 1. The van der Waals surface area contributed by atoms with Gasteiger partial charge in [-0.1, -0.05) is 43.0 Å². The van der Waals surface area contributed by atoms with E-state index in [9.17, 15) is 4.79 Å². The largest absolute Gasteiger partial charge is 0.484 e. The number of hydrogen-bond donors (Lipinski definition) is 1. The molecule has 5 heteroatoms. The molecule has 1 amide bonds. The molecular weight excluding hydrogens is 396 g/mol. The number of rotatable bonds is 6. The number of piperidine rings is 1. The molecule has 1 N–H and O–H groups in total. The molecule has 2 aliphatic rings. The van der Waals surface area contributed by atoms with Crippen molar-refractivity contribution >= 4 is 28.9 Å². The number of carbonyl (C=O) groups is 1. The maximum atomic E-state index is 12.3. The van der Waals surface area contributed by atoms with Crippen LogP contribution in [0.2, 0.25) is 5.02 Å². The molecule has 1 saturated heterocycles. The van der Waals surface area contributed by atoms with E-state index < -0.39 is 0 Å². The van der Waals surface area contributed by atoms with E-state index in [2.05, 4.69) is 22.3 Å². The SMILES string of the molecule is O=C(COc1ccc(C2CCCCC2)cc1)Nc1ccc(N2CCCCC2)c(Cl)c1. The molecule has 2 aromatic carbocycles. The zero-order chi connectivity index (χ0) is 20.8. The highest BCUT2D eigenvalue weighted by atomic mass is 35.5. The van der Waals surface area contributed by atoms with Crippen molar-refractivity contribution in [3.8, 4) is 5.75 Å². The highest BCUT2D eigenvalue weighted by Gasteiger charge is 2.16. The first-order valence-electron chi connectivity index (χ1n) is 11.3. The topological polar surface area (TPSA) is 41.6 Å². The van der Waals surface area contributed by atoms with Gasteiger partial charge in [-0.15, -0.1) is 0 Å². The molecule has 0 bridgehead atoms. The lowest BCUT2D eigenvalue weighted by atomic mass is 9.84. The van der Waals surface area contributed by atoms with Crippen LogP contribution < -0.4 is 15.0 Å². The Kier molecular flexibility index (Phi) is 7.16. The van der Waals surface area contributed by atoms with Gasteiger partial charge in [-0.25, -0.2) is 0 Å². The molecule has 30 heavy (non-hydrogen) atoms. The molecule has 2 aromatic rings. The predicted molar refractivity (Wildman–Crippen MR) is 124 cm³/mol. The zero-order valence-corrected chi connectivity index (χ0v) is 18.3. The van der Waals surface area contributed by atoms with E-state index in [0.29, 0.717) is 16.6 Å². The summed E-state index contributed by atoms with van der Waals surface area (Å²) in [4.78, 5) is 14.6. The lowest BCUT2D eigenvalue weighted by molar-refractivity contribution is -0.118. The van der Waals surface area contributed by atoms with E-state index >= 15 is 0 Å². The van der Waals surface area contributed by atoms with Crippen LogP contribution in [0.1, 0.15) is 62.8 Å².